The first-order chi connectivity index (χ1) is 7.26. The van der Waals surface area contributed by atoms with E-state index < -0.39 is 0 Å². The zero-order chi connectivity index (χ0) is 10.8. The van der Waals surface area contributed by atoms with Gasteiger partial charge in [0.05, 0.1) is 0 Å². The SMILES string of the molecule is CCc1c(CNC)sc2ccc(Cl)cc12. The van der Waals surface area contributed by atoms with E-state index >= 15 is 0 Å². The molecule has 3 heteroatoms. The Hall–Kier alpha value is -0.570. The Morgan fingerprint density at radius 3 is 2.87 bits per heavy atom. The first-order valence-electron chi connectivity index (χ1n) is 5.10. The normalized spacial score (nSPS) is 11.1. The predicted molar refractivity (Wildman–Crippen MR) is 69.0 cm³/mol. The molecule has 2 aromatic rings. The van der Waals surface area contributed by atoms with Crippen LogP contribution in [0.15, 0.2) is 18.2 Å². The van der Waals surface area contributed by atoms with Crippen molar-refractivity contribution in [3.63, 3.8) is 0 Å². The van der Waals surface area contributed by atoms with Crippen LogP contribution in [0.1, 0.15) is 17.4 Å². The van der Waals surface area contributed by atoms with Crippen LogP contribution in [0.5, 0.6) is 0 Å². The fourth-order valence-corrected chi connectivity index (χ4v) is 3.32. The van der Waals surface area contributed by atoms with Crippen molar-refractivity contribution in [3.8, 4) is 0 Å². The zero-order valence-corrected chi connectivity index (χ0v) is 10.5. The van der Waals surface area contributed by atoms with E-state index in [2.05, 4.69) is 24.4 Å². The maximum Gasteiger partial charge on any atom is 0.0413 e. The molecule has 1 nitrogen and oxygen atoms in total. The molecule has 1 aromatic carbocycles. The molecule has 80 valence electrons. The Kier molecular flexibility index (Phi) is 3.29. The third kappa shape index (κ3) is 2.03. The van der Waals surface area contributed by atoms with Gasteiger partial charge in [-0.3, -0.25) is 0 Å². The van der Waals surface area contributed by atoms with Crippen LogP contribution in [0.25, 0.3) is 10.1 Å². The molecule has 0 unspecified atom stereocenters. The molecule has 2 rings (SSSR count). The number of fused-ring (bicyclic) bond motifs is 1. The zero-order valence-electron chi connectivity index (χ0n) is 8.93. The molecule has 0 aliphatic rings. The number of rotatable bonds is 3. The Labute approximate surface area is 99.1 Å². The molecule has 0 radical (unpaired) electrons. The summed E-state index contributed by atoms with van der Waals surface area (Å²) in [5.74, 6) is 0. The summed E-state index contributed by atoms with van der Waals surface area (Å²) in [6.07, 6.45) is 1.07. The number of hydrogen-bond donors (Lipinski definition) is 1. The minimum atomic E-state index is 0.825. The van der Waals surface area contributed by atoms with Crippen LogP contribution >= 0.6 is 22.9 Å². The monoisotopic (exact) mass is 239 g/mol. The van der Waals surface area contributed by atoms with Crippen LogP contribution < -0.4 is 5.32 Å². The highest BCUT2D eigenvalue weighted by molar-refractivity contribution is 7.19. The summed E-state index contributed by atoms with van der Waals surface area (Å²) in [5, 5.41) is 5.36. The average Bonchev–Trinajstić information content (AvgIpc) is 2.55. The quantitative estimate of drug-likeness (QED) is 0.858. The molecular formula is C12H14ClNS. The van der Waals surface area contributed by atoms with Gasteiger partial charge >= 0.3 is 0 Å². The first-order valence-corrected chi connectivity index (χ1v) is 6.30. The molecule has 1 heterocycles. The van der Waals surface area contributed by atoms with Crippen molar-refractivity contribution < 1.29 is 0 Å². The summed E-state index contributed by atoms with van der Waals surface area (Å²) in [4.78, 5) is 1.43. The molecule has 0 saturated carbocycles. The van der Waals surface area contributed by atoms with E-state index in [0.29, 0.717) is 0 Å². The van der Waals surface area contributed by atoms with Gasteiger partial charge in [0.25, 0.3) is 0 Å². The minimum absolute atomic E-state index is 0.825. The van der Waals surface area contributed by atoms with Gasteiger partial charge in [0.15, 0.2) is 0 Å². The standard InChI is InChI=1S/C12H14ClNS/c1-3-9-10-6-8(13)4-5-11(10)15-12(9)7-14-2/h4-6,14H,3,7H2,1-2H3. The van der Waals surface area contributed by atoms with Gasteiger partial charge < -0.3 is 5.32 Å². The largest absolute Gasteiger partial charge is 0.315 e. The number of thiophene rings is 1. The number of aryl methyl sites for hydroxylation is 1. The average molecular weight is 240 g/mol. The van der Waals surface area contributed by atoms with E-state index in [1.54, 1.807) is 0 Å². The van der Waals surface area contributed by atoms with Crippen molar-refractivity contribution in [1.29, 1.82) is 0 Å². The second-order valence-corrected chi connectivity index (χ2v) is 5.10. The Bertz CT molecular complexity index is 476. The van der Waals surface area contributed by atoms with E-state index in [1.807, 2.05) is 24.5 Å². The highest BCUT2D eigenvalue weighted by atomic mass is 35.5. The lowest BCUT2D eigenvalue weighted by Gasteiger charge is -2.00. The highest BCUT2D eigenvalue weighted by Gasteiger charge is 2.09. The van der Waals surface area contributed by atoms with Gasteiger partial charge in [-0.05, 0) is 42.6 Å². The molecule has 1 N–H and O–H groups in total. The molecule has 0 fully saturated rings. The van der Waals surface area contributed by atoms with Crippen molar-refractivity contribution in [2.24, 2.45) is 0 Å². The van der Waals surface area contributed by atoms with E-state index in [-0.39, 0.29) is 0 Å². The van der Waals surface area contributed by atoms with Crippen molar-refractivity contribution in [2.75, 3.05) is 7.05 Å². The second-order valence-electron chi connectivity index (χ2n) is 3.53. The van der Waals surface area contributed by atoms with Gasteiger partial charge in [0, 0.05) is 21.1 Å². The van der Waals surface area contributed by atoms with Crippen LogP contribution in [-0.4, -0.2) is 7.05 Å². The van der Waals surface area contributed by atoms with Crippen LogP contribution in [0.2, 0.25) is 5.02 Å². The van der Waals surface area contributed by atoms with Gasteiger partial charge in [0.1, 0.15) is 0 Å². The molecule has 0 bridgehead atoms. The summed E-state index contributed by atoms with van der Waals surface area (Å²) in [6.45, 7) is 3.14. The molecule has 15 heavy (non-hydrogen) atoms. The fourth-order valence-electron chi connectivity index (χ4n) is 1.86. The molecule has 0 spiro atoms. The van der Waals surface area contributed by atoms with Crippen molar-refractivity contribution in [2.45, 2.75) is 19.9 Å². The van der Waals surface area contributed by atoms with Crippen molar-refractivity contribution >= 4 is 33.0 Å². The van der Waals surface area contributed by atoms with Crippen LogP contribution in [-0.2, 0) is 13.0 Å². The number of nitrogens with one attached hydrogen (secondary N) is 1. The van der Waals surface area contributed by atoms with Gasteiger partial charge in [-0.2, -0.15) is 0 Å². The predicted octanol–water partition coefficient (Wildman–Crippen LogP) is 3.84. The fraction of sp³-hybridized carbons (Fsp3) is 0.333. The van der Waals surface area contributed by atoms with Crippen LogP contribution in [0, 0.1) is 0 Å². The Morgan fingerprint density at radius 1 is 1.40 bits per heavy atom. The maximum atomic E-state index is 6.02. The lowest BCUT2D eigenvalue weighted by Crippen LogP contribution is -2.04. The molecule has 0 amide bonds. The summed E-state index contributed by atoms with van der Waals surface area (Å²) in [7, 11) is 1.98. The van der Waals surface area contributed by atoms with Crippen molar-refractivity contribution in [1.82, 2.24) is 5.32 Å². The summed E-state index contributed by atoms with van der Waals surface area (Å²) in [5.41, 5.74) is 1.44. The molecule has 0 atom stereocenters. The van der Waals surface area contributed by atoms with E-state index in [9.17, 15) is 0 Å². The molecule has 0 saturated heterocycles. The second kappa shape index (κ2) is 4.52. The molecule has 0 aliphatic carbocycles. The Balaban J connectivity index is 2.63. The van der Waals surface area contributed by atoms with Crippen LogP contribution in [0.4, 0.5) is 0 Å². The van der Waals surface area contributed by atoms with E-state index in [4.69, 9.17) is 11.6 Å². The van der Waals surface area contributed by atoms with Gasteiger partial charge in [0.2, 0.25) is 0 Å². The topological polar surface area (TPSA) is 12.0 Å². The maximum absolute atomic E-state index is 6.02. The first kappa shape index (κ1) is 10.9. The third-order valence-electron chi connectivity index (χ3n) is 2.53. The summed E-state index contributed by atoms with van der Waals surface area (Å²) in [6, 6.07) is 6.15. The van der Waals surface area contributed by atoms with E-state index in [0.717, 1.165) is 18.0 Å². The smallest absolute Gasteiger partial charge is 0.0413 e. The Morgan fingerprint density at radius 2 is 2.20 bits per heavy atom. The molecular weight excluding hydrogens is 226 g/mol. The van der Waals surface area contributed by atoms with Gasteiger partial charge in [-0.15, -0.1) is 11.3 Å². The number of benzene rings is 1. The van der Waals surface area contributed by atoms with Crippen LogP contribution in [0.3, 0.4) is 0 Å². The lowest BCUT2D eigenvalue weighted by molar-refractivity contribution is 0.822. The van der Waals surface area contributed by atoms with Gasteiger partial charge in [-0.25, -0.2) is 0 Å². The molecule has 1 aromatic heterocycles. The summed E-state index contributed by atoms with van der Waals surface area (Å²) >= 11 is 7.88. The number of halogens is 1. The summed E-state index contributed by atoms with van der Waals surface area (Å²) < 4.78 is 1.33. The minimum Gasteiger partial charge on any atom is -0.315 e. The molecule has 0 aliphatic heterocycles. The van der Waals surface area contributed by atoms with Crippen molar-refractivity contribution in [3.05, 3.63) is 33.7 Å². The van der Waals surface area contributed by atoms with E-state index in [1.165, 1.54) is 20.5 Å². The lowest BCUT2D eigenvalue weighted by atomic mass is 10.1. The third-order valence-corrected chi connectivity index (χ3v) is 3.98. The number of hydrogen-bond acceptors (Lipinski definition) is 2. The highest BCUT2D eigenvalue weighted by Crippen LogP contribution is 2.33. The van der Waals surface area contributed by atoms with Gasteiger partial charge in [-0.1, -0.05) is 18.5 Å².